The topological polar surface area (TPSA) is 21.3 Å². The molecule has 0 aliphatic heterocycles. The number of aryl methyl sites for hydroxylation is 1. The third-order valence-electron chi connectivity index (χ3n) is 3.07. The van der Waals surface area contributed by atoms with Crippen LogP contribution in [-0.4, -0.2) is 6.04 Å². The van der Waals surface area contributed by atoms with Crippen LogP contribution in [0, 0.1) is 6.92 Å². The predicted octanol–water partition coefficient (Wildman–Crippen LogP) is 5.59. The molecule has 4 heteroatoms. The van der Waals surface area contributed by atoms with Crippen LogP contribution < -0.4 is 10.1 Å². The first-order chi connectivity index (χ1) is 9.97. The molecule has 0 heterocycles. The second-order valence-electron chi connectivity index (χ2n) is 5.29. The minimum Gasteiger partial charge on any atom is -0.455 e. The molecule has 0 aliphatic carbocycles. The first kappa shape index (κ1) is 16.2. The Balaban J connectivity index is 2.31. The lowest BCUT2D eigenvalue weighted by atomic mass is 10.2. The van der Waals surface area contributed by atoms with Gasteiger partial charge in [-0.05, 0) is 36.8 Å². The lowest BCUT2D eigenvalue weighted by molar-refractivity contribution is 0.469. The molecule has 2 aromatic rings. The summed E-state index contributed by atoms with van der Waals surface area (Å²) in [4.78, 5) is 0. The molecule has 0 saturated carbocycles. The van der Waals surface area contributed by atoms with E-state index in [1.54, 1.807) is 0 Å². The van der Waals surface area contributed by atoms with E-state index in [1.807, 2.05) is 43.3 Å². The predicted molar refractivity (Wildman–Crippen MR) is 89.7 cm³/mol. The van der Waals surface area contributed by atoms with Crippen molar-refractivity contribution >= 4 is 23.2 Å². The van der Waals surface area contributed by atoms with Crippen LogP contribution in [0.15, 0.2) is 36.4 Å². The third-order valence-corrected chi connectivity index (χ3v) is 3.74. The zero-order valence-corrected chi connectivity index (χ0v) is 13.9. The van der Waals surface area contributed by atoms with Gasteiger partial charge in [-0.1, -0.05) is 49.2 Å². The van der Waals surface area contributed by atoms with Crippen LogP contribution in [0.2, 0.25) is 10.0 Å². The minimum atomic E-state index is 0.372. The maximum absolute atomic E-state index is 6.30. The van der Waals surface area contributed by atoms with Crippen LogP contribution in [0.3, 0.4) is 0 Å². The quantitative estimate of drug-likeness (QED) is 0.774. The molecule has 0 amide bonds. The van der Waals surface area contributed by atoms with Gasteiger partial charge in [0.1, 0.15) is 11.5 Å². The molecule has 0 unspecified atom stereocenters. The molecule has 0 aliphatic rings. The van der Waals surface area contributed by atoms with Crippen LogP contribution in [0.4, 0.5) is 0 Å². The van der Waals surface area contributed by atoms with Gasteiger partial charge in [0, 0.05) is 23.2 Å². The third kappa shape index (κ3) is 4.37. The van der Waals surface area contributed by atoms with E-state index in [4.69, 9.17) is 27.9 Å². The molecule has 0 spiro atoms. The van der Waals surface area contributed by atoms with Crippen LogP contribution in [0.25, 0.3) is 0 Å². The van der Waals surface area contributed by atoms with Gasteiger partial charge in [-0.3, -0.25) is 0 Å². The highest BCUT2D eigenvalue weighted by atomic mass is 35.5. The van der Waals surface area contributed by atoms with Crippen molar-refractivity contribution in [3.63, 3.8) is 0 Å². The molecular weight excluding hydrogens is 305 g/mol. The van der Waals surface area contributed by atoms with Crippen molar-refractivity contribution in [2.45, 2.75) is 33.4 Å². The Kier molecular flexibility index (Phi) is 5.51. The molecule has 0 atom stereocenters. The highest BCUT2D eigenvalue weighted by Crippen LogP contribution is 2.34. The van der Waals surface area contributed by atoms with Gasteiger partial charge < -0.3 is 10.1 Å². The van der Waals surface area contributed by atoms with Gasteiger partial charge in [0.15, 0.2) is 0 Å². The summed E-state index contributed by atoms with van der Waals surface area (Å²) in [5, 5.41) is 4.63. The summed E-state index contributed by atoms with van der Waals surface area (Å²) in [6.07, 6.45) is 0. The largest absolute Gasteiger partial charge is 0.455 e. The molecule has 0 fully saturated rings. The fraction of sp³-hybridized carbons (Fsp3) is 0.294. The van der Waals surface area contributed by atoms with Crippen molar-refractivity contribution < 1.29 is 4.74 Å². The van der Waals surface area contributed by atoms with E-state index in [0.29, 0.717) is 28.4 Å². The van der Waals surface area contributed by atoms with Crippen LogP contribution in [0.5, 0.6) is 11.5 Å². The summed E-state index contributed by atoms with van der Waals surface area (Å²) in [6, 6.07) is 11.7. The number of halogens is 2. The minimum absolute atomic E-state index is 0.372. The van der Waals surface area contributed by atoms with E-state index in [2.05, 4.69) is 19.2 Å². The summed E-state index contributed by atoms with van der Waals surface area (Å²) in [5.41, 5.74) is 2.03. The summed E-state index contributed by atoms with van der Waals surface area (Å²) < 4.78 is 5.98. The van der Waals surface area contributed by atoms with Crippen molar-refractivity contribution in [1.82, 2.24) is 5.32 Å². The van der Waals surface area contributed by atoms with E-state index in [-0.39, 0.29) is 0 Å². The average Bonchev–Trinajstić information content (AvgIpc) is 2.42. The summed E-state index contributed by atoms with van der Waals surface area (Å²) in [6.45, 7) is 6.84. The molecule has 2 nitrogen and oxygen atoms in total. The van der Waals surface area contributed by atoms with Crippen molar-refractivity contribution in [2.24, 2.45) is 0 Å². The number of hydrogen-bond acceptors (Lipinski definition) is 2. The first-order valence-electron chi connectivity index (χ1n) is 6.92. The highest BCUT2D eigenvalue weighted by Gasteiger charge is 2.11. The molecule has 2 aromatic carbocycles. The Morgan fingerprint density at radius 3 is 2.52 bits per heavy atom. The Bertz CT molecular complexity index is 626. The van der Waals surface area contributed by atoms with Gasteiger partial charge in [-0.15, -0.1) is 0 Å². The SMILES string of the molecule is Cc1ccc(Cl)c(Oc2cccc(Cl)c2CNC(C)C)c1. The molecule has 21 heavy (non-hydrogen) atoms. The van der Waals surface area contributed by atoms with Crippen molar-refractivity contribution in [3.8, 4) is 11.5 Å². The highest BCUT2D eigenvalue weighted by molar-refractivity contribution is 6.32. The zero-order chi connectivity index (χ0) is 15.4. The summed E-state index contributed by atoms with van der Waals surface area (Å²) in [5.74, 6) is 1.37. The maximum Gasteiger partial charge on any atom is 0.146 e. The molecule has 1 N–H and O–H groups in total. The van der Waals surface area contributed by atoms with Crippen LogP contribution >= 0.6 is 23.2 Å². The second kappa shape index (κ2) is 7.17. The van der Waals surface area contributed by atoms with Gasteiger partial charge >= 0.3 is 0 Å². The average molecular weight is 324 g/mol. The van der Waals surface area contributed by atoms with E-state index >= 15 is 0 Å². The standard InChI is InChI=1S/C17H19Cl2NO/c1-11(2)20-10-13-14(18)5-4-6-16(13)21-17-9-12(3)7-8-15(17)19/h4-9,11,20H,10H2,1-3H3. The van der Waals surface area contributed by atoms with Crippen molar-refractivity contribution in [3.05, 3.63) is 57.6 Å². The van der Waals surface area contributed by atoms with Gasteiger partial charge in [0.05, 0.1) is 5.02 Å². The molecule has 2 rings (SSSR count). The van der Waals surface area contributed by atoms with E-state index < -0.39 is 0 Å². The number of ether oxygens (including phenoxy) is 1. The molecule has 0 aromatic heterocycles. The Hall–Kier alpha value is -1.22. The number of rotatable bonds is 5. The second-order valence-corrected chi connectivity index (χ2v) is 6.10. The lowest BCUT2D eigenvalue weighted by Crippen LogP contribution is -2.22. The van der Waals surface area contributed by atoms with Crippen molar-refractivity contribution in [1.29, 1.82) is 0 Å². The number of hydrogen-bond donors (Lipinski definition) is 1. The molecule has 0 bridgehead atoms. The Morgan fingerprint density at radius 2 is 1.81 bits per heavy atom. The van der Waals surface area contributed by atoms with Gasteiger partial charge in [0.2, 0.25) is 0 Å². The fourth-order valence-electron chi connectivity index (χ4n) is 1.92. The smallest absolute Gasteiger partial charge is 0.146 e. The number of benzene rings is 2. The Morgan fingerprint density at radius 1 is 1.05 bits per heavy atom. The maximum atomic E-state index is 6.30. The van der Waals surface area contributed by atoms with Gasteiger partial charge in [-0.25, -0.2) is 0 Å². The van der Waals surface area contributed by atoms with Crippen LogP contribution in [-0.2, 0) is 6.54 Å². The molecular formula is C17H19Cl2NO. The number of nitrogens with one attached hydrogen (secondary N) is 1. The zero-order valence-electron chi connectivity index (χ0n) is 12.4. The summed E-state index contributed by atoms with van der Waals surface area (Å²) in [7, 11) is 0. The fourth-order valence-corrected chi connectivity index (χ4v) is 2.31. The molecule has 0 radical (unpaired) electrons. The van der Waals surface area contributed by atoms with E-state index in [1.165, 1.54) is 0 Å². The van der Waals surface area contributed by atoms with E-state index in [0.717, 1.165) is 16.9 Å². The van der Waals surface area contributed by atoms with Crippen LogP contribution in [0.1, 0.15) is 25.0 Å². The summed E-state index contributed by atoms with van der Waals surface area (Å²) >= 11 is 12.5. The lowest BCUT2D eigenvalue weighted by Gasteiger charge is -2.15. The van der Waals surface area contributed by atoms with Crippen molar-refractivity contribution in [2.75, 3.05) is 0 Å². The van der Waals surface area contributed by atoms with Gasteiger partial charge in [0.25, 0.3) is 0 Å². The first-order valence-corrected chi connectivity index (χ1v) is 7.67. The monoisotopic (exact) mass is 323 g/mol. The molecule has 0 saturated heterocycles. The molecule has 112 valence electrons. The van der Waals surface area contributed by atoms with E-state index in [9.17, 15) is 0 Å². The Labute approximate surface area is 136 Å². The van der Waals surface area contributed by atoms with Gasteiger partial charge in [-0.2, -0.15) is 0 Å². The normalized spacial score (nSPS) is 11.0.